The third kappa shape index (κ3) is 4.13. The maximum Gasteiger partial charge on any atom is 0.328 e. The van der Waals surface area contributed by atoms with E-state index in [9.17, 15) is 24.6 Å². The summed E-state index contributed by atoms with van der Waals surface area (Å²) in [6, 6.07) is 6.61. The molecule has 1 fully saturated rings. The van der Waals surface area contributed by atoms with Crippen LogP contribution in [0.1, 0.15) is 30.0 Å². The number of aromatic nitrogens is 1. The van der Waals surface area contributed by atoms with Gasteiger partial charge in [0, 0.05) is 10.3 Å². The van der Waals surface area contributed by atoms with Crippen LogP contribution in [0.3, 0.4) is 0 Å². The first-order chi connectivity index (χ1) is 13.6. The minimum atomic E-state index is -1.35. The largest absolute Gasteiger partial charge is 0.480 e. The molecule has 3 rings (SSSR count). The van der Waals surface area contributed by atoms with Gasteiger partial charge in [-0.25, -0.2) is 4.79 Å². The minimum Gasteiger partial charge on any atom is -0.480 e. The molecule has 3 atom stereocenters. The number of carbonyl (C=O) groups is 3. The van der Waals surface area contributed by atoms with Crippen LogP contribution in [0.4, 0.5) is 0 Å². The van der Waals surface area contributed by atoms with Gasteiger partial charge in [-0.2, -0.15) is 0 Å². The van der Waals surface area contributed by atoms with Crippen LogP contribution >= 0.6 is 11.8 Å². The van der Waals surface area contributed by atoms with Gasteiger partial charge in [0.25, 0.3) is 5.91 Å². The Labute approximate surface area is 170 Å². The van der Waals surface area contributed by atoms with Crippen molar-refractivity contribution in [2.45, 2.75) is 43.0 Å². The first-order valence-electron chi connectivity index (χ1n) is 8.84. The molecule has 0 radical (unpaired) electrons. The van der Waals surface area contributed by atoms with Crippen molar-refractivity contribution >= 4 is 29.6 Å². The summed E-state index contributed by atoms with van der Waals surface area (Å²) < 4.78 is 4.41. The maximum atomic E-state index is 12.9. The summed E-state index contributed by atoms with van der Waals surface area (Å²) in [4.78, 5) is 36.3. The number of aliphatic carboxylic acids is 2. The number of amides is 1. The first-order valence-corrected chi connectivity index (χ1v) is 9.72. The number of carbonyl (C=O) groups excluding carboxylic acids is 1. The van der Waals surface area contributed by atoms with Crippen LogP contribution in [-0.2, 0) is 9.59 Å². The molecule has 0 aliphatic carbocycles. The highest BCUT2D eigenvalue weighted by Crippen LogP contribution is 2.39. The molecule has 0 spiro atoms. The van der Waals surface area contributed by atoms with Crippen molar-refractivity contribution in [2.24, 2.45) is 0 Å². The second kappa shape index (κ2) is 7.88. The number of nitrogens with one attached hydrogen (secondary N) is 2. The van der Waals surface area contributed by atoms with Crippen LogP contribution in [0, 0.1) is 6.92 Å². The van der Waals surface area contributed by atoms with Gasteiger partial charge in [0.15, 0.2) is 6.04 Å². The van der Waals surface area contributed by atoms with Gasteiger partial charge in [0.1, 0.15) is 23.1 Å². The molecule has 1 aliphatic rings. The average molecular weight is 419 g/mol. The molecule has 154 valence electrons. The molecule has 0 saturated carbocycles. The van der Waals surface area contributed by atoms with E-state index in [0.29, 0.717) is 11.3 Å². The van der Waals surface area contributed by atoms with E-state index in [-0.39, 0.29) is 11.3 Å². The Hall–Kier alpha value is -2.85. The van der Waals surface area contributed by atoms with Crippen molar-refractivity contribution in [3.05, 3.63) is 41.7 Å². The van der Waals surface area contributed by atoms with Gasteiger partial charge in [-0.05, 0) is 20.8 Å². The summed E-state index contributed by atoms with van der Waals surface area (Å²) in [6.07, 6.45) is 0. The molecule has 9 nitrogen and oxygen atoms in total. The standard InChI is InChI=1S/C19H21N3O6S/c1-9-11(12(22-28-9)10-7-5-4-6-8-10)15(23)20-13(17(24)25)16-21-14(18(26)27)19(2,3)29-16/h4-8,13-14,16,21H,1-3H3,(H,20,23)(H,24,25)(H,26,27). The zero-order valence-corrected chi connectivity index (χ0v) is 16.8. The molecule has 2 heterocycles. The summed E-state index contributed by atoms with van der Waals surface area (Å²) in [5, 5.41) is 27.5. The van der Waals surface area contributed by atoms with Gasteiger partial charge in [0.05, 0.1) is 5.37 Å². The van der Waals surface area contributed by atoms with E-state index in [4.69, 9.17) is 4.52 Å². The number of nitrogens with zero attached hydrogens (tertiary/aromatic N) is 1. The van der Waals surface area contributed by atoms with Crippen molar-refractivity contribution in [1.82, 2.24) is 15.8 Å². The molecule has 0 bridgehead atoms. The smallest absolute Gasteiger partial charge is 0.328 e. The Morgan fingerprint density at radius 3 is 2.45 bits per heavy atom. The maximum absolute atomic E-state index is 12.9. The fourth-order valence-corrected chi connectivity index (χ4v) is 4.72. The van der Waals surface area contributed by atoms with E-state index < -0.39 is 40.1 Å². The summed E-state index contributed by atoms with van der Waals surface area (Å²) in [7, 11) is 0. The monoisotopic (exact) mass is 419 g/mol. The van der Waals surface area contributed by atoms with Gasteiger partial charge in [-0.3, -0.25) is 14.9 Å². The highest BCUT2D eigenvalue weighted by Gasteiger charge is 2.49. The summed E-state index contributed by atoms with van der Waals surface area (Å²) >= 11 is 1.16. The number of benzene rings is 1. The second-order valence-electron chi connectivity index (χ2n) is 7.20. The van der Waals surface area contributed by atoms with Crippen molar-refractivity contribution in [3.8, 4) is 11.3 Å². The van der Waals surface area contributed by atoms with Crippen LogP contribution in [-0.4, -0.2) is 55.4 Å². The molecule has 2 aromatic rings. The molecule has 3 unspecified atom stereocenters. The topological polar surface area (TPSA) is 142 Å². The summed E-state index contributed by atoms with van der Waals surface area (Å²) in [6.45, 7) is 4.99. The zero-order chi connectivity index (χ0) is 21.3. The van der Waals surface area contributed by atoms with Gasteiger partial charge in [-0.1, -0.05) is 35.5 Å². The number of hydrogen-bond acceptors (Lipinski definition) is 7. The van der Waals surface area contributed by atoms with Crippen LogP contribution in [0.15, 0.2) is 34.9 Å². The fraction of sp³-hybridized carbons (Fsp3) is 0.368. The first kappa shape index (κ1) is 20.9. The third-order valence-electron chi connectivity index (χ3n) is 4.70. The number of aryl methyl sites for hydroxylation is 1. The summed E-state index contributed by atoms with van der Waals surface area (Å²) in [5.41, 5.74) is 1.10. The highest BCUT2D eigenvalue weighted by atomic mass is 32.2. The van der Waals surface area contributed by atoms with Gasteiger partial charge in [0.2, 0.25) is 0 Å². The Balaban J connectivity index is 1.87. The van der Waals surface area contributed by atoms with Gasteiger partial charge < -0.3 is 20.1 Å². The molecule has 1 aromatic carbocycles. The van der Waals surface area contributed by atoms with Gasteiger partial charge >= 0.3 is 11.9 Å². The molecule has 1 aromatic heterocycles. The van der Waals surface area contributed by atoms with Crippen LogP contribution in [0.5, 0.6) is 0 Å². The Morgan fingerprint density at radius 2 is 1.90 bits per heavy atom. The van der Waals surface area contributed by atoms with Crippen LogP contribution < -0.4 is 10.6 Å². The summed E-state index contributed by atoms with van der Waals surface area (Å²) in [5.74, 6) is -2.77. The highest BCUT2D eigenvalue weighted by molar-refractivity contribution is 8.01. The lowest BCUT2D eigenvalue weighted by atomic mass is 10.0. The van der Waals surface area contributed by atoms with E-state index in [2.05, 4.69) is 15.8 Å². The van der Waals surface area contributed by atoms with Crippen molar-refractivity contribution in [3.63, 3.8) is 0 Å². The molecular formula is C19H21N3O6S. The molecule has 4 N–H and O–H groups in total. The normalized spacial score (nSPS) is 21.5. The number of thioether (sulfide) groups is 1. The van der Waals surface area contributed by atoms with E-state index >= 15 is 0 Å². The predicted octanol–water partition coefficient (Wildman–Crippen LogP) is 1.73. The van der Waals surface area contributed by atoms with E-state index in [0.717, 1.165) is 11.8 Å². The number of rotatable bonds is 6. The molecular weight excluding hydrogens is 398 g/mol. The fourth-order valence-electron chi connectivity index (χ4n) is 3.24. The Kier molecular flexibility index (Phi) is 5.67. The number of hydrogen-bond donors (Lipinski definition) is 4. The zero-order valence-electron chi connectivity index (χ0n) is 16.0. The Bertz CT molecular complexity index is 943. The molecule has 1 saturated heterocycles. The number of carboxylic acid groups (broad SMARTS) is 2. The van der Waals surface area contributed by atoms with Crippen LogP contribution in [0.25, 0.3) is 11.3 Å². The van der Waals surface area contributed by atoms with Crippen molar-refractivity contribution in [2.75, 3.05) is 0 Å². The average Bonchev–Trinajstić information content (AvgIpc) is 3.19. The van der Waals surface area contributed by atoms with Crippen LogP contribution in [0.2, 0.25) is 0 Å². The Morgan fingerprint density at radius 1 is 1.24 bits per heavy atom. The van der Waals surface area contributed by atoms with Crippen molar-refractivity contribution in [1.29, 1.82) is 0 Å². The molecule has 29 heavy (non-hydrogen) atoms. The molecule has 1 aliphatic heterocycles. The number of carboxylic acids is 2. The van der Waals surface area contributed by atoms with E-state index in [1.807, 2.05) is 6.07 Å². The lowest BCUT2D eigenvalue weighted by Gasteiger charge is -2.22. The molecule has 1 amide bonds. The second-order valence-corrected chi connectivity index (χ2v) is 8.99. The van der Waals surface area contributed by atoms with E-state index in [1.165, 1.54) is 0 Å². The lowest BCUT2D eigenvalue weighted by Crippen LogP contribution is -2.53. The predicted molar refractivity (Wildman–Crippen MR) is 106 cm³/mol. The van der Waals surface area contributed by atoms with Crippen molar-refractivity contribution < 1.29 is 29.1 Å². The van der Waals surface area contributed by atoms with E-state index in [1.54, 1.807) is 45.0 Å². The quantitative estimate of drug-likeness (QED) is 0.550. The lowest BCUT2D eigenvalue weighted by molar-refractivity contribution is -0.142. The minimum absolute atomic E-state index is 0.138. The SMILES string of the molecule is Cc1onc(-c2ccccc2)c1C(=O)NC(C(=O)O)C1NC(C(=O)O)C(C)(C)S1. The molecule has 10 heteroatoms. The van der Waals surface area contributed by atoms with Gasteiger partial charge in [-0.15, -0.1) is 11.8 Å². The third-order valence-corrected chi connectivity index (χ3v) is 6.20.